The number of rotatable bonds is 6. The highest BCUT2D eigenvalue weighted by Crippen LogP contribution is 2.34. The van der Waals surface area contributed by atoms with E-state index in [1.54, 1.807) is 0 Å². The molecule has 0 radical (unpaired) electrons. The summed E-state index contributed by atoms with van der Waals surface area (Å²) in [5.41, 5.74) is 4.60. The van der Waals surface area contributed by atoms with Crippen molar-refractivity contribution in [1.29, 1.82) is 0 Å². The second-order valence-electron chi connectivity index (χ2n) is 7.03. The van der Waals surface area contributed by atoms with Crippen LogP contribution in [0.25, 0.3) is 10.8 Å². The maximum atomic E-state index is 6.32. The zero-order valence-corrected chi connectivity index (χ0v) is 19.3. The van der Waals surface area contributed by atoms with E-state index in [0.717, 1.165) is 25.9 Å². The third kappa shape index (κ3) is 4.82. The smallest absolute Gasteiger partial charge is 0.139 e. The third-order valence-corrected chi connectivity index (χ3v) is 5.89. The largest absolute Gasteiger partial charge is 0.487 e. The Morgan fingerprint density at radius 1 is 0.828 bits per heavy atom. The maximum Gasteiger partial charge on any atom is 0.139 e. The van der Waals surface area contributed by atoms with Crippen molar-refractivity contribution in [3.05, 3.63) is 104 Å². The molecular formula is C25H21Br2NO. The van der Waals surface area contributed by atoms with Crippen LogP contribution in [0.1, 0.15) is 16.7 Å². The van der Waals surface area contributed by atoms with Gasteiger partial charge in [0.1, 0.15) is 12.4 Å². The first-order valence-corrected chi connectivity index (χ1v) is 11.1. The van der Waals surface area contributed by atoms with Gasteiger partial charge in [-0.15, -0.1) is 0 Å². The van der Waals surface area contributed by atoms with Gasteiger partial charge < -0.3 is 10.1 Å². The minimum Gasteiger partial charge on any atom is -0.487 e. The second-order valence-corrected chi connectivity index (χ2v) is 8.80. The molecule has 4 aromatic rings. The zero-order chi connectivity index (χ0) is 20.2. The molecule has 4 aromatic carbocycles. The molecule has 0 fully saturated rings. The molecule has 0 heterocycles. The molecule has 146 valence electrons. The number of ether oxygens (including phenoxy) is 1. The molecule has 4 heteroatoms. The summed E-state index contributed by atoms with van der Waals surface area (Å²) in [7, 11) is 0. The van der Waals surface area contributed by atoms with Crippen LogP contribution in [0.3, 0.4) is 0 Å². The lowest BCUT2D eigenvalue weighted by Gasteiger charge is -2.16. The Kier molecular flexibility index (Phi) is 6.22. The number of hydrogen-bond acceptors (Lipinski definition) is 2. The summed E-state index contributed by atoms with van der Waals surface area (Å²) in [6.45, 7) is 3.28. The van der Waals surface area contributed by atoms with Gasteiger partial charge in [-0.25, -0.2) is 0 Å². The molecule has 0 aliphatic heterocycles. The van der Waals surface area contributed by atoms with E-state index in [4.69, 9.17) is 4.74 Å². The van der Waals surface area contributed by atoms with Gasteiger partial charge in [-0.2, -0.15) is 0 Å². The van der Waals surface area contributed by atoms with Gasteiger partial charge in [-0.1, -0.05) is 70.5 Å². The Morgan fingerprint density at radius 3 is 2.48 bits per heavy atom. The van der Waals surface area contributed by atoms with Crippen molar-refractivity contribution in [3.8, 4) is 5.75 Å². The van der Waals surface area contributed by atoms with E-state index in [9.17, 15) is 0 Å². The Morgan fingerprint density at radius 2 is 1.62 bits per heavy atom. The van der Waals surface area contributed by atoms with Gasteiger partial charge >= 0.3 is 0 Å². The molecule has 1 N–H and O–H groups in total. The first-order valence-electron chi connectivity index (χ1n) is 9.48. The standard InChI is InChI=1S/C25H21Br2NO/c1-17-6-4-10-22(12-17)28-15-20-13-21(26)14-24(27)25(20)29-16-19-9-5-8-18-7-2-3-11-23(18)19/h2-14,28H,15-16H2,1H3. The molecule has 0 unspecified atom stereocenters. The Hall–Kier alpha value is -2.30. The predicted molar refractivity (Wildman–Crippen MR) is 129 cm³/mol. The molecule has 0 spiro atoms. The summed E-state index contributed by atoms with van der Waals surface area (Å²) in [5, 5.41) is 5.95. The SMILES string of the molecule is Cc1cccc(NCc2cc(Br)cc(Br)c2OCc2cccc3ccccc23)c1. The summed E-state index contributed by atoms with van der Waals surface area (Å²) in [5.74, 6) is 0.862. The fourth-order valence-electron chi connectivity index (χ4n) is 3.43. The fraction of sp³-hybridized carbons (Fsp3) is 0.120. The van der Waals surface area contributed by atoms with Crippen LogP contribution in [0.15, 0.2) is 87.8 Å². The Bertz CT molecular complexity index is 1150. The van der Waals surface area contributed by atoms with Gasteiger partial charge in [0.2, 0.25) is 0 Å². The van der Waals surface area contributed by atoms with E-state index in [2.05, 4.69) is 117 Å². The van der Waals surface area contributed by atoms with Crippen LogP contribution < -0.4 is 10.1 Å². The van der Waals surface area contributed by atoms with E-state index in [1.165, 1.54) is 21.9 Å². The van der Waals surface area contributed by atoms with Crippen molar-refractivity contribution in [1.82, 2.24) is 0 Å². The average Bonchev–Trinajstić information content (AvgIpc) is 2.71. The number of aryl methyl sites for hydroxylation is 1. The average molecular weight is 511 g/mol. The van der Waals surface area contributed by atoms with Crippen molar-refractivity contribution in [2.24, 2.45) is 0 Å². The van der Waals surface area contributed by atoms with Crippen molar-refractivity contribution < 1.29 is 4.74 Å². The minimum absolute atomic E-state index is 0.513. The predicted octanol–water partition coefficient (Wildman–Crippen LogP) is 7.86. The second kappa shape index (κ2) is 9.02. The van der Waals surface area contributed by atoms with Gasteiger partial charge in [-0.05, 0) is 69.0 Å². The van der Waals surface area contributed by atoms with Gasteiger partial charge in [0.05, 0.1) is 4.47 Å². The number of halogens is 2. The lowest BCUT2D eigenvalue weighted by Crippen LogP contribution is -2.05. The lowest BCUT2D eigenvalue weighted by atomic mass is 10.1. The van der Waals surface area contributed by atoms with Crippen molar-refractivity contribution >= 4 is 48.3 Å². The molecular weight excluding hydrogens is 490 g/mol. The van der Waals surface area contributed by atoms with Gasteiger partial charge in [-0.3, -0.25) is 0 Å². The Labute approximate surface area is 188 Å². The molecule has 0 saturated heterocycles. The first kappa shape index (κ1) is 20.0. The van der Waals surface area contributed by atoms with Gasteiger partial charge in [0.15, 0.2) is 0 Å². The number of fused-ring (bicyclic) bond motifs is 1. The summed E-state index contributed by atoms with van der Waals surface area (Å²) >= 11 is 7.28. The van der Waals surface area contributed by atoms with E-state index in [0.29, 0.717) is 13.2 Å². The van der Waals surface area contributed by atoms with Crippen LogP contribution in [0.5, 0.6) is 5.75 Å². The van der Waals surface area contributed by atoms with Crippen LogP contribution in [0.4, 0.5) is 5.69 Å². The molecule has 29 heavy (non-hydrogen) atoms. The van der Waals surface area contributed by atoms with Gasteiger partial charge in [0.25, 0.3) is 0 Å². The van der Waals surface area contributed by atoms with Crippen molar-refractivity contribution in [3.63, 3.8) is 0 Å². The van der Waals surface area contributed by atoms with E-state index in [-0.39, 0.29) is 0 Å². The molecule has 4 rings (SSSR count). The molecule has 0 saturated carbocycles. The monoisotopic (exact) mass is 509 g/mol. The number of hydrogen-bond donors (Lipinski definition) is 1. The van der Waals surface area contributed by atoms with Crippen molar-refractivity contribution in [2.75, 3.05) is 5.32 Å². The van der Waals surface area contributed by atoms with Gasteiger partial charge in [0, 0.05) is 22.3 Å². The number of anilines is 1. The van der Waals surface area contributed by atoms with Crippen molar-refractivity contribution in [2.45, 2.75) is 20.1 Å². The van der Waals surface area contributed by atoms with Crippen LogP contribution in [0, 0.1) is 6.92 Å². The molecule has 2 nitrogen and oxygen atoms in total. The normalized spacial score (nSPS) is 10.9. The van der Waals surface area contributed by atoms with E-state index < -0.39 is 0 Å². The number of nitrogens with one attached hydrogen (secondary N) is 1. The summed E-state index contributed by atoms with van der Waals surface area (Å²) < 4.78 is 8.28. The highest BCUT2D eigenvalue weighted by atomic mass is 79.9. The molecule has 0 aliphatic rings. The highest BCUT2D eigenvalue weighted by Gasteiger charge is 2.12. The molecule has 0 amide bonds. The fourth-order valence-corrected chi connectivity index (χ4v) is 4.86. The summed E-state index contributed by atoms with van der Waals surface area (Å²) in [4.78, 5) is 0. The minimum atomic E-state index is 0.513. The molecule has 0 bridgehead atoms. The molecule has 0 aliphatic carbocycles. The topological polar surface area (TPSA) is 21.3 Å². The summed E-state index contributed by atoms with van der Waals surface area (Å²) in [6, 6.07) is 27.2. The lowest BCUT2D eigenvalue weighted by molar-refractivity contribution is 0.302. The van der Waals surface area contributed by atoms with Crippen LogP contribution in [-0.4, -0.2) is 0 Å². The van der Waals surface area contributed by atoms with Crippen LogP contribution >= 0.6 is 31.9 Å². The van der Waals surface area contributed by atoms with Crippen LogP contribution in [0.2, 0.25) is 0 Å². The molecule has 0 aromatic heterocycles. The highest BCUT2D eigenvalue weighted by molar-refractivity contribution is 9.11. The third-order valence-electron chi connectivity index (χ3n) is 4.84. The Balaban J connectivity index is 1.58. The maximum absolute atomic E-state index is 6.32. The zero-order valence-electron chi connectivity index (χ0n) is 16.1. The summed E-state index contributed by atoms with van der Waals surface area (Å²) in [6.07, 6.45) is 0. The first-order chi connectivity index (χ1) is 14.1. The molecule has 0 atom stereocenters. The number of benzene rings is 4. The van der Waals surface area contributed by atoms with E-state index >= 15 is 0 Å². The quantitative estimate of drug-likeness (QED) is 0.285. The van der Waals surface area contributed by atoms with Crippen LogP contribution in [-0.2, 0) is 13.2 Å². The van der Waals surface area contributed by atoms with E-state index in [1.807, 2.05) is 6.07 Å².